The lowest BCUT2D eigenvalue weighted by molar-refractivity contribution is -0.137. The Kier molecular flexibility index (Phi) is 11.2. The molecule has 2 atom stereocenters. The van der Waals surface area contributed by atoms with Gasteiger partial charge in [0, 0.05) is 6.42 Å². The predicted octanol–water partition coefficient (Wildman–Crippen LogP) is 5.43. The molecule has 1 aliphatic rings. The van der Waals surface area contributed by atoms with Gasteiger partial charge >= 0.3 is 5.97 Å². The van der Waals surface area contributed by atoms with Crippen LogP contribution in [0.2, 0.25) is 0 Å². The molecule has 1 N–H and O–H groups in total. The molecule has 0 amide bonds. The highest BCUT2D eigenvalue weighted by molar-refractivity contribution is 5.66. The maximum atomic E-state index is 10.4. The minimum atomic E-state index is -0.707. The standard InChI is InChI=1S/C20H32O3/c1-2-3-4-5-6-7-8-9-10-11-12-13-15-18-19(23-18)16-14-17-20(21)22/h3-4,6-7,9-10,18-19H,2,5,8,11-17H2,1H3,(H,21,22)/b4-3+,7-6+,10-9+. The van der Waals surface area contributed by atoms with Crippen LogP contribution in [0, 0.1) is 0 Å². The van der Waals surface area contributed by atoms with Crippen molar-refractivity contribution in [2.24, 2.45) is 0 Å². The summed E-state index contributed by atoms with van der Waals surface area (Å²) in [7, 11) is 0. The molecule has 0 saturated carbocycles. The van der Waals surface area contributed by atoms with Gasteiger partial charge in [-0.3, -0.25) is 4.79 Å². The second-order valence-corrected chi connectivity index (χ2v) is 6.08. The molecule has 1 aliphatic heterocycles. The molecule has 0 bridgehead atoms. The zero-order valence-corrected chi connectivity index (χ0v) is 14.5. The van der Waals surface area contributed by atoms with Gasteiger partial charge < -0.3 is 9.84 Å². The van der Waals surface area contributed by atoms with Crippen molar-refractivity contribution in [2.75, 3.05) is 0 Å². The van der Waals surface area contributed by atoms with Crippen molar-refractivity contribution in [3.05, 3.63) is 36.5 Å². The third-order valence-electron chi connectivity index (χ3n) is 3.96. The van der Waals surface area contributed by atoms with E-state index >= 15 is 0 Å². The molecule has 1 heterocycles. The number of epoxide rings is 1. The van der Waals surface area contributed by atoms with Crippen LogP contribution in [0.3, 0.4) is 0 Å². The number of unbranched alkanes of at least 4 members (excludes halogenated alkanes) is 2. The van der Waals surface area contributed by atoms with Crippen LogP contribution in [0.5, 0.6) is 0 Å². The largest absolute Gasteiger partial charge is 0.481 e. The maximum Gasteiger partial charge on any atom is 0.303 e. The lowest BCUT2D eigenvalue weighted by atomic mass is 10.1. The fourth-order valence-electron chi connectivity index (χ4n) is 2.58. The SMILES string of the molecule is CC/C=C/C/C=C/C/C=C/CCCCC1OC1CCCC(=O)O. The number of carboxylic acids is 1. The first-order valence-electron chi connectivity index (χ1n) is 9.06. The van der Waals surface area contributed by atoms with Crippen LogP contribution in [0.25, 0.3) is 0 Å². The third-order valence-corrected chi connectivity index (χ3v) is 3.96. The van der Waals surface area contributed by atoms with Crippen molar-refractivity contribution < 1.29 is 14.6 Å². The van der Waals surface area contributed by atoms with E-state index in [2.05, 4.69) is 43.4 Å². The number of carboxylic acid groups (broad SMARTS) is 1. The molecule has 1 fully saturated rings. The first kappa shape index (κ1) is 19.7. The molecule has 0 aliphatic carbocycles. The minimum Gasteiger partial charge on any atom is -0.481 e. The predicted molar refractivity (Wildman–Crippen MR) is 95.6 cm³/mol. The second kappa shape index (κ2) is 13.1. The van der Waals surface area contributed by atoms with Crippen LogP contribution in [0.4, 0.5) is 0 Å². The average Bonchev–Trinajstić information content (AvgIpc) is 3.26. The number of allylic oxidation sites excluding steroid dienone is 6. The topological polar surface area (TPSA) is 49.8 Å². The van der Waals surface area contributed by atoms with E-state index in [9.17, 15) is 4.79 Å². The van der Waals surface area contributed by atoms with Crippen LogP contribution in [0.15, 0.2) is 36.5 Å². The maximum absolute atomic E-state index is 10.4. The van der Waals surface area contributed by atoms with Crippen LogP contribution < -0.4 is 0 Å². The Hall–Kier alpha value is -1.35. The minimum absolute atomic E-state index is 0.265. The Balaban J connectivity index is 1.86. The fourth-order valence-corrected chi connectivity index (χ4v) is 2.58. The summed E-state index contributed by atoms with van der Waals surface area (Å²) in [6.07, 6.45) is 23.8. The van der Waals surface area contributed by atoms with E-state index in [1.54, 1.807) is 0 Å². The van der Waals surface area contributed by atoms with Crippen LogP contribution >= 0.6 is 0 Å². The van der Waals surface area contributed by atoms with Gasteiger partial charge in [0.25, 0.3) is 0 Å². The first-order chi connectivity index (χ1) is 11.2. The van der Waals surface area contributed by atoms with E-state index in [4.69, 9.17) is 9.84 Å². The normalized spacial score (nSPS) is 20.9. The summed E-state index contributed by atoms with van der Waals surface area (Å²) in [6.45, 7) is 2.15. The summed E-state index contributed by atoms with van der Waals surface area (Å²) in [6, 6.07) is 0. The fraction of sp³-hybridized carbons (Fsp3) is 0.650. The molecule has 0 radical (unpaired) electrons. The van der Waals surface area contributed by atoms with E-state index in [1.807, 2.05) is 0 Å². The molecule has 23 heavy (non-hydrogen) atoms. The summed E-state index contributed by atoms with van der Waals surface area (Å²) in [5, 5.41) is 8.58. The van der Waals surface area contributed by atoms with Gasteiger partial charge in [0.1, 0.15) is 0 Å². The Morgan fingerprint density at radius 3 is 2.17 bits per heavy atom. The average molecular weight is 320 g/mol. The highest BCUT2D eigenvalue weighted by atomic mass is 16.6. The van der Waals surface area contributed by atoms with E-state index in [-0.39, 0.29) is 6.42 Å². The Morgan fingerprint density at radius 1 is 0.913 bits per heavy atom. The summed E-state index contributed by atoms with van der Waals surface area (Å²) in [5.41, 5.74) is 0. The lowest BCUT2D eigenvalue weighted by Gasteiger charge is -1.96. The van der Waals surface area contributed by atoms with Crippen molar-refractivity contribution in [1.82, 2.24) is 0 Å². The molecule has 1 rings (SSSR count). The second-order valence-electron chi connectivity index (χ2n) is 6.08. The van der Waals surface area contributed by atoms with Crippen molar-refractivity contribution in [3.8, 4) is 0 Å². The molecule has 0 aromatic heterocycles. The van der Waals surface area contributed by atoms with Crippen molar-refractivity contribution in [1.29, 1.82) is 0 Å². The molecule has 3 nitrogen and oxygen atoms in total. The van der Waals surface area contributed by atoms with Crippen molar-refractivity contribution in [2.45, 2.75) is 83.3 Å². The van der Waals surface area contributed by atoms with Gasteiger partial charge in [-0.2, -0.15) is 0 Å². The monoisotopic (exact) mass is 320 g/mol. The van der Waals surface area contributed by atoms with Crippen LogP contribution in [-0.2, 0) is 9.53 Å². The van der Waals surface area contributed by atoms with Gasteiger partial charge in [-0.25, -0.2) is 0 Å². The molecule has 0 spiro atoms. The number of ether oxygens (including phenoxy) is 1. The van der Waals surface area contributed by atoms with Gasteiger partial charge in [-0.05, 0) is 51.4 Å². The molecule has 1 saturated heterocycles. The summed E-state index contributed by atoms with van der Waals surface area (Å²) in [4.78, 5) is 10.4. The number of carbonyl (C=O) groups is 1. The summed E-state index contributed by atoms with van der Waals surface area (Å²) in [5.74, 6) is -0.707. The zero-order valence-electron chi connectivity index (χ0n) is 14.5. The molecule has 3 heteroatoms. The Bertz CT molecular complexity index is 396. The van der Waals surface area contributed by atoms with E-state index in [0.717, 1.165) is 44.9 Å². The van der Waals surface area contributed by atoms with Gasteiger partial charge in [-0.15, -0.1) is 0 Å². The third kappa shape index (κ3) is 11.8. The highest BCUT2D eigenvalue weighted by Gasteiger charge is 2.36. The Morgan fingerprint density at radius 2 is 1.52 bits per heavy atom. The number of hydrogen-bond donors (Lipinski definition) is 1. The molecular formula is C20H32O3. The number of aliphatic carboxylic acids is 1. The van der Waals surface area contributed by atoms with Gasteiger partial charge in [0.15, 0.2) is 0 Å². The van der Waals surface area contributed by atoms with Crippen LogP contribution in [0.1, 0.15) is 71.1 Å². The zero-order chi connectivity index (χ0) is 16.8. The molecule has 0 aromatic carbocycles. The molecule has 0 aromatic rings. The summed E-state index contributed by atoms with van der Waals surface area (Å²) < 4.78 is 5.57. The lowest BCUT2D eigenvalue weighted by Crippen LogP contribution is -1.98. The number of rotatable bonds is 14. The van der Waals surface area contributed by atoms with Gasteiger partial charge in [0.2, 0.25) is 0 Å². The highest BCUT2D eigenvalue weighted by Crippen LogP contribution is 2.31. The molecule has 2 unspecified atom stereocenters. The smallest absolute Gasteiger partial charge is 0.303 e. The first-order valence-corrected chi connectivity index (χ1v) is 9.06. The van der Waals surface area contributed by atoms with Crippen molar-refractivity contribution >= 4 is 5.97 Å². The Labute approximate surface area is 141 Å². The quantitative estimate of drug-likeness (QED) is 0.264. The number of hydrogen-bond acceptors (Lipinski definition) is 2. The van der Waals surface area contributed by atoms with E-state index in [0.29, 0.717) is 12.2 Å². The van der Waals surface area contributed by atoms with E-state index in [1.165, 1.54) is 12.8 Å². The van der Waals surface area contributed by atoms with Gasteiger partial charge in [0.05, 0.1) is 12.2 Å². The van der Waals surface area contributed by atoms with Crippen molar-refractivity contribution in [3.63, 3.8) is 0 Å². The molecule has 130 valence electrons. The molecular weight excluding hydrogens is 288 g/mol. The van der Waals surface area contributed by atoms with Gasteiger partial charge in [-0.1, -0.05) is 49.8 Å². The van der Waals surface area contributed by atoms with Crippen LogP contribution in [-0.4, -0.2) is 23.3 Å². The summed E-state index contributed by atoms with van der Waals surface area (Å²) >= 11 is 0. The van der Waals surface area contributed by atoms with E-state index < -0.39 is 5.97 Å².